The van der Waals surface area contributed by atoms with Gasteiger partial charge in [-0.3, -0.25) is 10.6 Å². The molecule has 2 aromatic rings. The molecule has 0 amide bonds. The van der Waals surface area contributed by atoms with E-state index in [1.807, 2.05) is 24.3 Å². The lowest BCUT2D eigenvalue weighted by molar-refractivity contribution is 0.472. The van der Waals surface area contributed by atoms with Crippen molar-refractivity contribution in [3.8, 4) is 36.2 Å². The van der Waals surface area contributed by atoms with Crippen LogP contribution in [0, 0.1) is 24.7 Å². The van der Waals surface area contributed by atoms with Crippen LogP contribution >= 0.6 is 0 Å². The maximum absolute atomic E-state index is 9.37. The highest BCUT2D eigenvalue weighted by molar-refractivity contribution is 5.41. The predicted molar refractivity (Wildman–Crippen MR) is 112 cm³/mol. The summed E-state index contributed by atoms with van der Waals surface area (Å²) < 4.78 is 0. The van der Waals surface area contributed by atoms with Crippen molar-refractivity contribution >= 4 is 0 Å². The van der Waals surface area contributed by atoms with Gasteiger partial charge in [0, 0.05) is 12.1 Å². The van der Waals surface area contributed by atoms with E-state index in [0.29, 0.717) is 36.7 Å². The molecule has 0 bridgehead atoms. The Hall–Kier alpha value is -2.92. The van der Waals surface area contributed by atoms with Gasteiger partial charge in [-0.05, 0) is 72.2 Å². The number of benzene rings is 2. The average molecular weight is 374 g/mol. The number of terminal acetylenes is 2. The van der Waals surface area contributed by atoms with Crippen LogP contribution in [-0.4, -0.2) is 23.3 Å². The molecule has 0 saturated heterocycles. The zero-order chi connectivity index (χ0) is 19.9. The third-order valence-corrected chi connectivity index (χ3v) is 5.32. The van der Waals surface area contributed by atoms with E-state index in [1.165, 1.54) is 22.3 Å². The Labute approximate surface area is 167 Å². The second kappa shape index (κ2) is 9.33. The molecule has 4 rings (SSSR count). The van der Waals surface area contributed by atoms with Crippen LogP contribution in [0.1, 0.15) is 47.2 Å². The lowest BCUT2D eigenvalue weighted by atomic mass is 10.1. The lowest BCUT2D eigenvalue weighted by Gasteiger charge is -2.11. The molecule has 0 spiro atoms. The van der Waals surface area contributed by atoms with Gasteiger partial charge in [0.1, 0.15) is 11.5 Å². The molecule has 28 heavy (non-hydrogen) atoms. The SMILES string of the molecule is C#CCNC1CCc2ccc(O)cc21.C#CCN[C@@H]1CCc2ccc(O)cc21. The summed E-state index contributed by atoms with van der Waals surface area (Å²) in [5.41, 5.74) is 5.02. The topological polar surface area (TPSA) is 64.5 Å². The standard InChI is InChI=1S/2C12H13NO/c2*1-2-7-13-12-6-4-9-3-5-10(14)8-11(9)12/h2*1,3,5,8,12-14H,4,6-7H2/t12-;/m1./s1. The molecular weight excluding hydrogens is 348 g/mol. The summed E-state index contributed by atoms with van der Waals surface area (Å²) in [7, 11) is 0. The maximum atomic E-state index is 9.37. The Bertz CT molecular complexity index is 832. The number of aryl methyl sites for hydroxylation is 2. The van der Waals surface area contributed by atoms with Crippen molar-refractivity contribution < 1.29 is 10.2 Å². The van der Waals surface area contributed by atoms with Crippen molar-refractivity contribution in [1.82, 2.24) is 10.6 Å². The molecule has 2 aliphatic carbocycles. The highest BCUT2D eigenvalue weighted by Crippen LogP contribution is 2.34. The second-order valence-electron chi connectivity index (χ2n) is 7.12. The van der Waals surface area contributed by atoms with Crippen molar-refractivity contribution in [1.29, 1.82) is 0 Å². The Balaban J connectivity index is 0.000000161. The van der Waals surface area contributed by atoms with Gasteiger partial charge >= 0.3 is 0 Å². The quantitative estimate of drug-likeness (QED) is 0.621. The molecular formula is C24H26N2O2. The van der Waals surface area contributed by atoms with E-state index in [0.717, 1.165) is 25.7 Å². The maximum Gasteiger partial charge on any atom is 0.115 e. The summed E-state index contributed by atoms with van der Waals surface area (Å²) >= 11 is 0. The van der Waals surface area contributed by atoms with E-state index in [9.17, 15) is 10.2 Å². The van der Waals surface area contributed by atoms with E-state index < -0.39 is 0 Å². The van der Waals surface area contributed by atoms with E-state index in [4.69, 9.17) is 12.8 Å². The van der Waals surface area contributed by atoms with Crippen molar-refractivity contribution in [3.05, 3.63) is 58.7 Å². The number of hydrogen-bond acceptors (Lipinski definition) is 4. The minimum atomic E-state index is 0.313. The molecule has 2 aromatic carbocycles. The molecule has 2 atom stereocenters. The minimum absolute atomic E-state index is 0.313. The molecule has 1 unspecified atom stereocenters. The summed E-state index contributed by atoms with van der Waals surface area (Å²) in [6, 6.07) is 11.7. The second-order valence-corrected chi connectivity index (χ2v) is 7.12. The van der Waals surface area contributed by atoms with Crippen LogP contribution in [0.25, 0.3) is 0 Å². The monoisotopic (exact) mass is 374 g/mol. The van der Waals surface area contributed by atoms with Crippen LogP contribution in [0.15, 0.2) is 36.4 Å². The first-order chi connectivity index (χ1) is 13.6. The molecule has 4 nitrogen and oxygen atoms in total. The third-order valence-electron chi connectivity index (χ3n) is 5.32. The number of phenols is 2. The molecule has 2 aliphatic rings. The summed E-state index contributed by atoms with van der Waals surface area (Å²) in [4.78, 5) is 0. The van der Waals surface area contributed by atoms with Gasteiger partial charge in [0.25, 0.3) is 0 Å². The van der Waals surface area contributed by atoms with Crippen molar-refractivity contribution in [3.63, 3.8) is 0 Å². The summed E-state index contributed by atoms with van der Waals surface area (Å²) in [6.07, 6.45) is 14.7. The highest BCUT2D eigenvalue weighted by Gasteiger charge is 2.22. The Morgan fingerprint density at radius 2 is 1.21 bits per heavy atom. The number of fused-ring (bicyclic) bond motifs is 2. The van der Waals surface area contributed by atoms with Crippen LogP contribution in [-0.2, 0) is 12.8 Å². The first-order valence-corrected chi connectivity index (χ1v) is 9.59. The van der Waals surface area contributed by atoms with Gasteiger partial charge in [0.15, 0.2) is 0 Å². The van der Waals surface area contributed by atoms with Crippen LogP contribution in [0.2, 0.25) is 0 Å². The molecule has 0 heterocycles. The van der Waals surface area contributed by atoms with Gasteiger partial charge in [-0.2, -0.15) is 0 Å². The van der Waals surface area contributed by atoms with Gasteiger partial charge < -0.3 is 10.2 Å². The summed E-state index contributed by atoms with van der Waals surface area (Å²) in [5, 5.41) is 25.3. The smallest absolute Gasteiger partial charge is 0.115 e. The van der Waals surface area contributed by atoms with Gasteiger partial charge in [-0.25, -0.2) is 0 Å². The molecule has 0 radical (unpaired) electrons. The average Bonchev–Trinajstić information content (AvgIpc) is 3.28. The first-order valence-electron chi connectivity index (χ1n) is 9.59. The Morgan fingerprint density at radius 3 is 1.61 bits per heavy atom. The predicted octanol–water partition coefficient (Wildman–Crippen LogP) is 3.20. The van der Waals surface area contributed by atoms with Crippen LogP contribution < -0.4 is 10.6 Å². The van der Waals surface area contributed by atoms with Crippen LogP contribution in [0.5, 0.6) is 11.5 Å². The minimum Gasteiger partial charge on any atom is -0.508 e. The highest BCUT2D eigenvalue weighted by atomic mass is 16.3. The number of phenolic OH excluding ortho intramolecular Hbond substituents is 2. The summed E-state index contributed by atoms with van der Waals surface area (Å²) in [5.74, 6) is 5.80. The summed E-state index contributed by atoms with van der Waals surface area (Å²) in [6.45, 7) is 1.17. The Morgan fingerprint density at radius 1 is 0.786 bits per heavy atom. The van der Waals surface area contributed by atoms with Gasteiger partial charge in [0.2, 0.25) is 0 Å². The lowest BCUT2D eigenvalue weighted by Crippen LogP contribution is -2.19. The van der Waals surface area contributed by atoms with E-state index in [2.05, 4.69) is 22.5 Å². The normalized spacial score (nSPS) is 18.9. The fraction of sp³-hybridized carbons (Fsp3) is 0.333. The molecule has 144 valence electrons. The first kappa shape index (κ1) is 19.8. The van der Waals surface area contributed by atoms with Gasteiger partial charge in [-0.15, -0.1) is 12.8 Å². The third kappa shape index (κ3) is 4.67. The molecule has 4 N–H and O–H groups in total. The van der Waals surface area contributed by atoms with Crippen LogP contribution in [0.4, 0.5) is 0 Å². The zero-order valence-electron chi connectivity index (χ0n) is 15.9. The van der Waals surface area contributed by atoms with E-state index in [-0.39, 0.29) is 0 Å². The number of rotatable bonds is 4. The number of hydrogen-bond donors (Lipinski definition) is 4. The Kier molecular flexibility index (Phi) is 6.61. The molecule has 0 fully saturated rings. The zero-order valence-corrected chi connectivity index (χ0v) is 15.9. The van der Waals surface area contributed by atoms with Gasteiger partial charge in [-0.1, -0.05) is 24.0 Å². The van der Waals surface area contributed by atoms with Crippen molar-refractivity contribution in [2.24, 2.45) is 0 Å². The van der Waals surface area contributed by atoms with Crippen LogP contribution in [0.3, 0.4) is 0 Å². The molecule has 0 saturated carbocycles. The number of aromatic hydroxyl groups is 2. The molecule has 4 heteroatoms. The van der Waals surface area contributed by atoms with Gasteiger partial charge in [0.05, 0.1) is 13.1 Å². The fourth-order valence-electron chi connectivity index (χ4n) is 3.97. The van der Waals surface area contributed by atoms with E-state index in [1.54, 1.807) is 12.1 Å². The molecule has 0 aromatic heterocycles. The molecule has 0 aliphatic heterocycles. The van der Waals surface area contributed by atoms with Crippen molar-refractivity contribution in [2.75, 3.05) is 13.1 Å². The number of nitrogens with one attached hydrogen (secondary N) is 2. The van der Waals surface area contributed by atoms with E-state index >= 15 is 0 Å². The largest absolute Gasteiger partial charge is 0.508 e. The fourth-order valence-corrected chi connectivity index (χ4v) is 3.97. The van der Waals surface area contributed by atoms with Crippen molar-refractivity contribution in [2.45, 2.75) is 37.8 Å².